The molecule has 2 heterocycles. The number of nitrogens with zero attached hydrogens (tertiary/aromatic N) is 1. The predicted octanol–water partition coefficient (Wildman–Crippen LogP) is 1.94. The second kappa shape index (κ2) is 4.62. The summed E-state index contributed by atoms with van der Waals surface area (Å²) in [7, 11) is 0. The lowest BCUT2D eigenvalue weighted by molar-refractivity contribution is 0.396. The number of aryl methyl sites for hydroxylation is 1. The predicted molar refractivity (Wildman–Crippen MR) is 63.1 cm³/mol. The molecule has 82 valence electrons. The maximum absolute atomic E-state index is 4.10. The van der Waals surface area contributed by atoms with Gasteiger partial charge in [0.2, 0.25) is 0 Å². The van der Waals surface area contributed by atoms with Crippen LogP contribution in [0.25, 0.3) is 0 Å². The number of hydrogen-bond donors (Lipinski definition) is 2. The van der Waals surface area contributed by atoms with Gasteiger partial charge in [-0.25, -0.2) is 0 Å². The van der Waals surface area contributed by atoms with Crippen LogP contribution in [-0.4, -0.2) is 23.6 Å². The molecule has 15 heavy (non-hydrogen) atoms. The maximum Gasteiger partial charge on any atom is 0.0402 e. The van der Waals surface area contributed by atoms with Crippen LogP contribution in [0.5, 0.6) is 0 Å². The molecule has 1 aliphatic rings. The molecule has 2 atom stereocenters. The average molecular weight is 205 g/mol. The Morgan fingerprint density at radius 1 is 1.53 bits per heavy atom. The van der Waals surface area contributed by atoms with Crippen molar-refractivity contribution < 1.29 is 0 Å². The van der Waals surface area contributed by atoms with Crippen molar-refractivity contribution in [2.24, 2.45) is 0 Å². The lowest BCUT2D eigenvalue weighted by Crippen LogP contribution is -2.41. The van der Waals surface area contributed by atoms with Crippen molar-refractivity contribution in [1.82, 2.24) is 10.3 Å². The lowest BCUT2D eigenvalue weighted by atomic mass is 10.00. The normalized spacial score (nSPS) is 26.3. The highest BCUT2D eigenvalue weighted by molar-refractivity contribution is 5.49. The fourth-order valence-corrected chi connectivity index (χ4v) is 2.12. The zero-order valence-corrected chi connectivity index (χ0v) is 9.46. The molecule has 1 aromatic rings. The summed E-state index contributed by atoms with van der Waals surface area (Å²) in [6.07, 6.45) is 6.15. The Bertz CT molecular complexity index is 324. The van der Waals surface area contributed by atoms with Crippen molar-refractivity contribution >= 4 is 5.69 Å². The lowest BCUT2D eigenvalue weighted by Gasteiger charge is -2.29. The molecule has 2 unspecified atom stereocenters. The van der Waals surface area contributed by atoms with Gasteiger partial charge in [0.1, 0.15) is 0 Å². The Labute approximate surface area is 91.3 Å². The minimum atomic E-state index is 0.599. The largest absolute Gasteiger partial charge is 0.382 e. The number of pyridine rings is 1. The van der Waals surface area contributed by atoms with Gasteiger partial charge >= 0.3 is 0 Å². The molecule has 3 nitrogen and oxygen atoms in total. The number of rotatable bonds is 2. The molecule has 0 aromatic carbocycles. The first-order chi connectivity index (χ1) is 7.25. The molecular formula is C12H19N3. The zero-order chi connectivity index (χ0) is 10.7. The van der Waals surface area contributed by atoms with Crippen LogP contribution in [0.1, 0.15) is 25.3 Å². The minimum Gasteiger partial charge on any atom is -0.382 e. The summed E-state index contributed by atoms with van der Waals surface area (Å²) in [4.78, 5) is 4.10. The third-order valence-corrected chi connectivity index (χ3v) is 3.00. The molecule has 2 N–H and O–H groups in total. The van der Waals surface area contributed by atoms with Gasteiger partial charge in [0.25, 0.3) is 0 Å². The van der Waals surface area contributed by atoms with Crippen LogP contribution >= 0.6 is 0 Å². The Morgan fingerprint density at radius 3 is 3.13 bits per heavy atom. The Morgan fingerprint density at radius 2 is 2.40 bits per heavy atom. The molecule has 3 heteroatoms. The van der Waals surface area contributed by atoms with Crippen molar-refractivity contribution in [3.63, 3.8) is 0 Å². The highest BCUT2D eigenvalue weighted by Crippen LogP contribution is 2.18. The maximum atomic E-state index is 4.10. The first-order valence-corrected chi connectivity index (χ1v) is 5.66. The number of aromatic nitrogens is 1. The van der Waals surface area contributed by atoms with E-state index in [0.29, 0.717) is 12.1 Å². The van der Waals surface area contributed by atoms with Gasteiger partial charge in [-0.1, -0.05) is 0 Å². The van der Waals surface area contributed by atoms with Crippen molar-refractivity contribution in [2.75, 3.05) is 11.9 Å². The molecule has 0 bridgehead atoms. The van der Waals surface area contributed by atoms with Crippen molar-refractivity contribution in [3.05, 3.63) is 24.0 Å². The molecule has 2 rings (SSSR count). The standard InChI is InChI=1S/C12H19N3/c1-9-8-13-5-4-12(9)15-11-3-6-14-10(2)7-11/h4-5,8,10-11,14H,3,6-7H2,1-2H3,(H,13,15). The highest BCUT2D eigenvalue weighted by Gasteiger charge is 2.18. The third-order valence-electron chi connectivity index (χ3n) is 3.00. The van der Waals surface area contributed by atoms with Gasteiger partial charge in [0.05, 0.1) is 0 Å². The molecule has 0 amide bonds. The van der Waals surface area contributed by atoms with E-state index in [9.17, 15) is 0 Å². The topological polar surface area (TPSA) is 37.0 Å². The fraction of sp³-hybridized carbons (Fsp3) is 0.583. The Kier molecular flexibility index (Phi) is 3.21. The monoisotopic (exact) mass is 205 g/mol. The second-order valence-corrected chi connectivity index (χ2v) is 4.41. The van der Waals surface area contributed by atoms with E-state index in [-0.39, 0.29) is 0 Å². The average Bonchev–Trinajstić information content (AvgIpc) is 2.22. The van der Waals surface area contributed by atoms with Crippen molar-refractivity contribution in [2.45, 2.75) is 38.8 Å². The van der Waals surface area contributed by atoms with Crippen molar-refractivity contribution in [3.8, 4) is 0 Å². The smallest absolute Gasteiger partial charge is 0.0402 e. The van der Waals surface area contributed by atoms with Gasteiger partial charge in [-0.2, -0.15) is 0 Å². The van der Waals surface area contributed by atoms with Gasteiger partial charge in [-0.3, -0.25) is 4.98 Å². The quantitative estimate of drug-likeness (QED) is 0.774. The summed E-state index contributed by atoms with van der Waals surface area (Å²) >= 11 is 0. The van der Waals surface area contributed by atoms with Gasteiger partial charge in [-0.15, -0.1) is 0 Å². The summed E-state index contributed by atoms with van der Waals surface area (Å²) in [5.74, 6) is 0. The molecule has 0 spiro atoms. The van der Waals surface area contributed by atoms with E-state index < -0.39 is 0 Å². The van der Waals surface area contributed by atoms with E-state index in [4.69, 9.17) is 0 Å². The summed E-state index contributed by atoms with van der Waals surface area (Å²) in [6, 6.07) is 3.28. The van der Waals surface area contributed by atoms with Crippen LogP contribution in [0, 0.1) is 6.92 Å². The zero-order valence-electron chi connectivity index (χ0n) is 9.46. The molecule has 1 fully saturated rings. The van der Waals surface area contributed by atoms with E-state index in [1.54, 1.807) is 0 Å². The fourth-order valence-electron chi connectivity index (χ4n) is 2.12. The van der Waals surface area contributed by atoms with Crippen LogP contribution in [0.15, 0.2) is 18.5 Å². The first-order valence-electron chi connectivity index (χ1n) is 5.66. The number of piperidine rings is 1. The molecule has 0 aliphatic carbocycles. The van der Waals surface area contributed by atoms with Crippen LogP contribution in [0.2, 0.25) is 0 Å². The van der Waals surface area contributed by atoms with Crippen LogP contribution in [0.4, 0.5) is 5.69 Å². The Balaban J connectivity index is 1.99. The van der Waals surface area contributed by atoms with Gasteiger partial charge in [0, 0.05) is 30.2 Å². The van der Waals surface area contributed by atoms with Crippen LogP contribution in [0.3, 0.4) is 0 Å². The summed E-state index contributed by atoms with van der Waals surface area (Å²) in [6.45, 7) is 5.45. The highest BCUT2D eigenvalue weighted by atomic mass is 15.0. The van der Waals surface area contributed by atoms with E-state index in [1.165, 1.54) is 24.1 Å². The Hall–Kier alpha value is -1.09. The van der Waals surface area contributed by atoms with Crippen molar-refractivity contribution in [1.29, 1.82) is 0 Å². The number of anilines is 1. The number of hydrogen-bond acceptors (Lipinski definition) is 3. The third kappa shape index (κ3) is 2.69. The second-order valence-electron chi connectivity index (χ2n) is 4.41. The first kappa shape index (κ1) is 10.4. The molecule has 1 aliphatic heterocycles. The summed E-state index contributed by atoms with van der Waals surface area (Å²) in [5, 5.41) is 7.06. The summed E-state index contributed by atoms with van der Waals surface area (Å²) < 4.78 is 0. The number of nitrogens with one attached hydrogen (secondary N) is 2. The minimum absolute atomic E-state index is 0.599. The van der Waals surface area contributed by atoms with E-state index in [0.717, 1.165) is 6.54 Å². The molecule has 0 radical (unpaired) electrons. The van der Waals surface area contributed by atoms with Gasteiger partial charge in [-0.05, 0) is 44.9 Å². The molecule has 1 saturated heterocycles. The van der Waals surface area contributed by atoms with Crippen LogP contribution < -0.4 is 10.6 Å². The van der Waals surface area contributed by atoms with Gasteiger partial charge in [0.15, 0.2) is 0 Å². The van der Waals surface area contributed by atoms with E-state index in [2.05, 4.69) is 35.5 Å². The molecular weight excluding hydrogens is 186 g/mol. The van der Waals surface area contributed by atoms with Crippen LogP contribution in [-0.2, 0) is 0 Å². The van der Waals surface area contributed by atoms with E-state index >= 15 is 0 Å². The molecule has 1 aromatic heterocycles. The van der Waals surface area contributed by atoms with Gasteiger partial charge < -0.3 is 10.6 Å². The SMILES string of the molecule is Cc1cnccc1NC1CCNC(C)C1. The summed E-state index contributed by atoms with van der Waals surface area (Å²) in [5.41, 5.74) is 2.45. The molecule has 0 saturated carbocycles. The van der Waals surface area contributed by atoms with E-state index in [1.807, 2.05) is 12.4 Å².